The quantitative estimate of drug-likeness (QED) is 0.276. The van der Waals surface area contributed by atoms with Crippen LogP contribution in [0.3, 0.4) is 0 Å². The van der Waals surface area contributed by atoms with Gasteiger partial charge in [0.25, 0.3) is 0 Å². The van der Waals surface area contributed by atoms with Crippen molar-refractivity contribution < 1.29 is 32.9 Å². The first kappa shape index (κ1) is 28.6. The molecule has 7 nitrogen and oxygen atoms in total. The number of pyridine rings is 1. The molecule has 0 aliphatic carbocycles. The molecular weight excluding hydrogens is 511 g/mol. The van der Waals surface area contributed by atoms with Crippen LogP contribution in [-0.4, -0.2) is 59.4 Å². The van der Waals surface area contributed by atoms with Crippen LogP contribution in [0.4, 0.5) is 18.9 Å². The topological polar surface area (TPSA) is 94.9 Å². The number of fused-ring (bicyclic) bond motifs is 1. The lowest BCUT2D eigenvalue weighted by atomic mass is 9.71. The highest BCUT2D eigenvalue weighted by Gasteiger charge is 2.37. The summed E-state index contributed by atoms with van der Waals surface area (Å²) in [6, 6.07) is 6.94. The number of likely N-dealkylation sites (tertiary alicyclic amines) is 1. The van der Waals surface area contributed by atoms with Crippen LogP contribution < -0.4 is 10.1 Å². The number of aryl methyl sites for hydroxylation is 1. The van der Waals surface area contributed by atoms with E-state index in [-0.39, 0.29) is 18.7 Å². The summed E-state index contributed by atoms with van der Waals surface area (Å²) in [6.45, 7) is 3.93. The van der Waals surface area contributed by atoms with Crippen molar-refractivity contribution in [1.82, 2.24) is 9.88 Å². The largest absolute Gasteiger partial charge is 0.497 e. The molecule has 4 rings (SSSR count). The van der Waals surface area contributed by atoms with Gasteiger partial charge in [0.05, 0.1) is 30.8 Å². The summed E-state index contributed by atoms with van der Waals surface area (Å²) < 4.78 is 46.1. The van der Waals surface area contributed by atoms with Gasteiger partial charge in [0.1, 0.15) is 11.6 Å². The maximum Gasteiger partial charge on any atom is 0.303 e. The number of halogens is 3. The molecule has 2 heterocycles. The summed E-state index contributed by atoms with van der Waals surface area (Å²) in [4.78, 5) is 18.3. The third-order valence-electron chi connectivity index (χ3n) is 7.78. The minimum Gasteiger partial charge on any atom is -0.497 e. The van der Waals surface area contributed by atoms with Crippen molar-refractivity contribution in [1.29, 1.82) is 0 Å². The van der Waals surface area contributed by atoms with Crippen LogP contribution in [-0.2, 0) is 4.79 Å². The second kappa shape index (κ2) is 12.2. The number of aliphatic carboxylic acids is 1. The Balaban J connectivity index is 1.39. The summed E-state index contributed by atoms with van der Waals surface area (Å²) in [5.41, 5.74) is 1.68. The van der Waals surface area contributed by atoms with Gasteiger partial charge in [-0.05, 0) is 80.4 Å². The van der Waals surface area contributed by atoms with Crippen molar-refractivity contribution in [3.8, 4) is 5.75 Å². The van der Waals surface area contributed by atoms with Gasteiger partial charge in [0.2, 0.25) is 0 Å². The molecule has 1 aromatic heterocycles. The molecule has 0 unspecified atom stereocenters. The zero-order valence-corrected chi connectivity index (χ0v) is 22.1. The molecule has 0 saturated carbocycles. The molecule has 1 atom stereocenters. The second-order valence-corrected chi connectivity index (χ2v) is 10.4. The summed E-state index contributed by atoms with van der Waals surface area (Å²) in [5.74, 6) is -3.43. The van der Waals surface area contributed by atoms with Crippen molar-refractivity contribution in [3.63, 3.8) is 0 Å². The predicted octanol–water partition coefficient (Wildman–Crippen LogP) is 5.45. The van der Waals surface area contributed by atoms with Gasteiger partial charge in [-0.25, -0.2) is 13.2 Å². The molecule has 3 aromatic rings. The van der Waals surface area contributed by atoms with E-state index in [0.29, 0.717) is 57.1 Å². The van der Waals surface area contributed by atoms with Gasteiger partial charge < -0.3 is 25.2 Å². The fourth-order valence-corrected chi connectivity index (χ4v) is 5.57. The highest BCUT2D eigenvalue weighted by molar-refractivity contribution is 5.84. The molecule has 3 N–H and O–H groups in total. The molecule has 1 saturated heterocycles. The fourth-order valence-electron chi connectivity index (χ4n) is 5.57. The van der Waals surface area contributed by atoms with Crippen molar-refractivity contribution in [2.45, 2.75) is 45.1 Å². The number of carboxylic acid groups (broad SMARTS) is 1. The van der Waals surface area contributed by atoms with Crippen molar-refractivity contribution >= 4 is 22.6 Å². The van der Waals surface area contributed by atoms with Crippen molar-refractivity contribution in [3.05, 3.63) is 65.1 Å². The lowest BCUT2D eigenvalue weighted by Gasteiger charge is -2.41. The predicted molar refractivity (Wildman–Crippen MR) is 142 cm³/mol. The number of ether oxygens (including phenoxy) is 1. The summed E-state index contributed by atoms with van der Waals surface area (Å²) in [6.07, 6.45) is 3.12. The van der Waals surface area contributed by atoms with Crippen LogP contribution in [0.2, 0.25) is 0 Å². The van der Waals surface area contributed by atoms with Crippen molar-refractivity contribution in [2.24, 2.45) is 5.41 Å². The van der Waals surface area contributed by atoms with Gasteiger partial charge in [0, 0.05) is 36.8 Å². The molecule has 1 fully saturated rings. The minimum atomic E-state index is -1.25. The normalized spacial score (nSPS) is 16.3. The summed E-state index contributed by atoms with van der Waals surface area (Å²) >= 11 is 0. The van der Waals surface area contributed by atoms with E-state index in [1.807, 2.05) is 25.1 Å². The number of aliphatic hydroxyl groups excluding tert-OH is 1. The standard InChI is InChI=1S/C29H34F3N3O4/c1-18-17-34-23-4-3-20(39-2)15-21(23)27(18)25(36)5-6-29(16-26(37)38)7-10-35(11-8-29)12-9-33-24-14-19(30)13-22(31)28(24)32/h3-4,13-15,17,25,33,36H,5-12,16H2,1-2H3,(H,37,38)/t25-/m1/s1. The van der Waals surface area contributed by atoms with Crippen LogP contribution >= 0.6 is 0 Å². The van der Waals surface area contributed by atoms with E-state index in [1.54, 1.807) is 13.3 Å². The molecule has 0 radical (unpaired) electrons. The lowest BCUT2D eigenvalue weighted by molar-refractivity contribution is -0.141. The SMILES string of the molecule is COc1ccc2ncc(C)c([C@H](O)CCC3(CC(=O)O)CCN(CCNc4cc(F)cc(F)c4F)CC3)c2c1. The molecule has 1 aliphatic rings. The van der Waals surface area contributed by atoms with Crippen LogP contribution in [0, 0.1) is 29.8 Å². The third-order valence-corrected chi connectivity index (χ3v) is 7.78. The Bertz CT molecular complexity index is 1330. The van der Waals surface area contributed by atoms with Crippen LogP contribution in [0.1, 0.15) is 49.3 Å². The number of carboxylic acids is 1. The van der Waals surface area contributed by atoms with Crippen LogP contribution in [0.5, 0.6) is 5.75 Å². The molecule has 0 amide bonds. The Morgan fingerprint density at radius 1 is 1.21 bits per heavy atom. The number of hydrogen-bond acceptors (Lipinski definition) is 6. The van der Waals surface area contributed by atoms with E-state index in [0.717, 1.165) is 28.1 Å². The summed E-state index contributed by atoms with van der Waals surface area (Å²) in [7, 11) is 1.58. The maximum atomic E-state index is 13.9. The second-order valence-electron chi connectivity index (χ2n) is 10.4. The summed E-state index contributed by atoms with van der Waals surface area (Å²) in [5, 5.41) is 24.5. The number of nitrogens with one attached hydrogen (secondary N) is 1. The van der Waals surface area contributed by atoms with Gasteiger partial charge in [-0.2, -0.15) is 0 Å². The Kier molecular flexibility index (Phi) is 8.97. The Morgan fingerprint density at radius 3 is 2.64 bits per heavy atom. The molecule has 10 heteroatoms. The molecule has 1 aliphatic heterocycles. The highest BCUT2D eigenvalue weighted by atomic mass is 19.2. The first-order valence-corrected chi connectivity index (χ1v) is 13.0. The number of nitrogens with zero attached hydrogens (tertiary/aromatic N) is 2. The number of benzene rings is 2. The first-order valence-electron chi connectivity index (χ1n) is 13.0. The number of rotatable bonds is 11. The Morgan fingerprint density at radius 2 is 1.95 bits per heavy atom. The average Bonchev–Trinajstić information content (AvgIpc) is 2.90. The number of aliphatic hydroxyl groups is 1. The number of piperidine rings is 1. The van der Waals surface area contributed by atoms with E-state index < -0.39 is 34.9 Å². The van der Waals surface area contributed by atoms with E-state index in [4.69, 9.17) is 4.74 Å². The van der Waals surface area contributed by atoms with Crippen LogP contribution in [0.25, 0.3) is 10.9 Å². The van der Waals surface area contributed by atoms with E-state index in [1.165, 1.54) is 0 Å². The Labute approximate surface area is 225 Å². The first-order chi connectivity index (χ1) is 18.6. The smallest absolute Gasteiger partial charge is 0.303 e. The van der Waals surface area contributed by atoms with Gasteiger partial charge in [-0.1, -0.05) is 0 Å². The maximum absolute atomic E-state index is 13.9. The van der Waals surface area contributed by atoms with Gasteiger partial charge in [-0.15, -0.1) is 0 Å². The van der Waals surface area contributed by atoms with Crippen LogP contribution in [0.15, 0.2) is 36.5 Å². The van der Waals surface area contributed by atoms with Gasteiger partial charge in [-0.3, -0.25) is 9.78 Å². The number of carbonyl (C=O) groups is 1. The average molecular weight is 546 g/mol. The van der Waals surface area contributed by atoms with E-state index in [9.17, 15) is 28.2 Å². The minimum absolute atomic E-state index is 0.00346. The number of aromatic nitrogens is 1. The zero-order chi connectivity index (χ0) is 28.2. The van der Waals surface area contributed by atoms with E-state index >= 15 is 0 Å². The number of anilines is 1. The molecule has 39 heavy (non-hydrogen) atoms. The third kappa shape index (κ3) is 6.80. The molecule has 0 spiro atoms. The molecule has 210 valence electrons. The highest BCUT2D eigenvalue weighted by Crippen LogP contribution is 2.42. The monoisotopic (exact) mass is 545 g/mol. The lowest BCUT2D eigenvalue weighted by Crippen LogP contribution is -2.43. The Hall–Kier alpha value is -3.37. The van der Waals surface area contributed by atoms with Gasteiger partial charge >= 0.3 is 5.97 Å². The fraction of sp³-hybridized carbons (Fsp3) is 0.448. The molecule has 2 aromatic carbocycles. The van der Waals surface area contributed by atoms with Gasteiger partial charge in [0.15, 0.2) is 11.6 Å². The zero-order valence-electron chi connectivity index (χ0n) is 22.1. The number of hydrogen-bond donors (Lipinski definition) is 3. The molecular formula is C29H34F3N3O4. The molecule has 0 bridgehead atoms. The number of methoxy groups -OCH3 is 1. The van der Waals surface area contributed by atoms with E-state index in [2.05, 4.69) is 15.2 Å². The van der Waals surface area contributed by atoms with Crippen molar-refractivity contribution in [2.75, 3.05) is 38.6 Å².